The fourth-order valence-corrected chi connectivity index (χ4v) is 5.29. The highest BCUT2D eigenvalue weighted by atomic mass is 16.3. The zero-order chi connectivity index (χ0) is 20.8. The Bertz CT molecular complexity index is 690. The molecule has 166 valence electrons. The number of nitrogens with one attached hydrogen (secondary N) is 1. The van der Waals surface area contributed by atoms with Crippen molar-refractivity contribution in [2.75, 3.05) is 52.9 Å². The summed E-state index contributed by atoms with van der Waals surface area (Å²) in [4.78, 5) is 23.8. The van der Waals surface area contributed by atoms with E-state index in [-0.39, 0.29) is 5.91 Å². The normalized spacial score (nSPS) is 24.4. The van der Waals surface area contributed by atoms with Crippen LogP contribution in [-0.2, 0) is 0 Å². The third-order valence-electron chi connectivity index (χ3n) is 7.02. The topological polar surface area (TPSA) is 64.3 Å². The van der Waals surface area contributed by atoms with E-state index in [0.717, 1.165) is 31.5 Å². The minimum absolute atomic E-state index is 0.0214. The number of nitrogens with zero attached hydrogens (tertiary/aromatic N) is 4. The maximum absolute atomic E-state index is 12.5. The number of hydrogen-bond donors (Lipinski definition) is 1. The van der Waals surface area contributed by atoms with E-state index in [9.17, 15) is 4.79 Å². The lowest BCUT2D eigenvalue weighted by molar-refractivity contribution is 0.0657. The minimum Gasteiger partial charge on any atom is -0.459 e. The Balaban J connectivity index is 1.23. The Kier molecular flexibility index (Phi) is 7.31. The number of likely N-dealkylation sites (tertiary alicyclic amines) is 1. The second-order valence-corrected chi connectivity index (χ2v) is 8.98. The van der Waals surface area contributed by atoms with Gasteiger partial charge in [0.15, 0.2) is 11.7 Å². The van der Waals surface area contributed by atoms with Crippen molar-refractivity contribution in [1.82, 2.24) is 20.0 Å². The second kappa shape index (κ2) is 10.3. The molecule has 30 heavy (non-hydrogen) atoms. The number of rotatable bonds is 5. The van der Waals surface area contributed by atoms with Gasteiger partial charge in [0.2, 0.25) is 0 Å². The first-order valence-electron chi connectivity index (χ1n) is 11.8. The van der Waals surface area contributed by atoms with Gasteiger partial charge in [-0.25, -0.2) is 0 Å². The van der Waals surface area contributed by atoms with Gasteiger partial charge in [0.25, 0.3) is 5.91 Å². The summed E-state index contributed by atoms with van der Waals surface area (Å²) in [6.07, 6.45) is 11.2. The highest BCUT2D eigenvalue weighted by molar-refractivity contribution is 5.91. The van der Waals surface area contributed by atoms with Gasteiger partial charge in [-0.15, -0.1) is 0 Å². The SMILES string of the molecule is CN=C(NCC1CCCN1CC1CCCCC1)N1CCN(C(=O)c2ccco2)CC1. The van der Waals surface area contributed by atoms with E-state index in [1.54, 1.807) is 18.4 Å². The van der Waals surface area contributed by atoms with Crippen LogP contribution in [0.3, 0.4) is 0 Å². The van der Waals surface area contributed by atoms with E-state index < -0.39 is 0 Å². The Morgan fingerprint density at radius 3 is 2.53 bits per heavy atom. The van der Waals surface area contributed by atoms with Crippen LogP contribution in [0.15, 0.2) is 27.8 Å². The monoisotopic (exact) mass is 415 g/mol. The zero-order valence-electron chi connectivity index (χ0n) is 18.4. The molecular weight excluding hydrogens is 378 g/mol. The Morgan fingerprint density at radius 1 is 1.07 bits per heavy atom. The van der Waals surface area contributed by atoms with E-state index in [1.165, 1.54) is 58.0 Å². The van der Waals surface area contributed by atoms with E-state index in [2.05, 4.69) is 20.1 Å². The van der Waals surface area contributed by atoms with E-state index in [4.69, 9.17) is 4.42 Å². The molecule has 2 saturated heterocycles. The molecule has 1 aromatic heterocycles. The molecule has 0 radical (unpaired) electrons. The summed E-state index contributed by atoms with van der Waals surface area (Å²) in [5.74, 6) is 2.26. The highest BCUT2D eigenvalue weighted by Crippen LogP contribution is 2.27. The van der Waals surface area contributed by atoms with Gasteiger partial charge in [-0.3, -0.25) is 14.7 Å². The van der Waals surface area contributed by atoms with Crippen molar-refractivity contribution in [1.29, 1.82) is 0 Å². The lowest BCUT2D eigenvalue weighted by atomic mass is 9.89. The molecule has 2 aliphatic heterocycles. The molecule has 3 heterocycles. The molecule has 7 nitrogen and oxygen atoms in total. The average Bonchev–Trinajstić information content (AvgIpc) is 3.47. The van der Waals surface area contributed by atoms with Crippen LogP contribution in [0.25, 0.3) is 0 Å². The molecule has 1 saturated carbocycles. The Hall–Kier alpha value is -2.02. The highest BCUT2D eigenvalue weighted by Gasteiger charge is 2.29. The molecule has 1 atom stereocenters. The Morgan fingerprint density at radius 2 is 1.83 bits per heavy atom. The van der Waals surface area contributed by atoms with Gasteiger partial charge in [0.05, 0.1) is 6.26 Å². The molecule has 0 bridgehead atoms. The number of aliphatic imine (C=N–C) groups is 1. The molecule has 0 aromatic carbocycles. The third kappa shape index (κ3) is 5.17. The van der Waals surface area contributed by atoms with Crippen LogP contribution in [0.2, 0.25) is 0 Å². The van der Waals surface area contributed by atoms with Crippen LogP contribution in [0.4, 0.5) is 0 Å². The van der Waals surface area contributed by atoms with Gasteiger partial charge in [-0.1, -0.05) is 19.3 Å². The lowest BCUT2D eigenvalue weighted by Gasteiger charge is -2.37. The predicted molar refractivity (Wildman–Crippen MR) is 119 cm³/mol. The number of carbonyl (C=O) groups is 1. The van der Waals surface area contributed by atoms with Crippen LogP contribution in [0.5, 0.6) is 0 Å². The largest absolute Gasteiger partial charge is 0.459 e. The van der Waals surface area contributed by atoms with E-state index in [0.29, 0.717) is 24.9 Å². The van der Waals surface area contributed by atoms with Crippen molar-refractivity contribution >= 4 is 11.9 Å². The van der Waals surface area contributed by atoms with E-state index >= 15 is 0 Å². The zero-order valence-corrected chi connectivity index (χ0v) is 18.4. The molecule has 1 N–H and O–H groups in total. The average molecular weight is 416 g/mol. The van der Waals surface area contributed by atoms with Crippen molar-refractivity contribution in [3.63, 3.8) is 0 Å². The maximum Gasteiger partial charge on any atom is 0.289 e. The molecule has 1 unspecified atom stereocenters. The standard InChI is InChI=1S/C23H37N5O2/c1-24-23(27-14-12-26(13-15-27)22(29)21-10-6-16-30-21)25-17-20-9-5-11-28(20)18-19-7-3-2-4-8-19/h6,10,16,19-20H,2-5,7-9,11-15,17-18H2,1H3,(H,24,25). The van der Waals surface area contributed by atoms with Gasteiger partial charge >= 0.3 is 0 Å². The minimum atomic E-state index is -0.0214. The smallest absolute Gasteiger partial charge is 0.289 e. The molecule has 3 fully saturated rings. The van der Waals surface area contributed by atoms with Crippen LogP contribution in [-0.4, -0.2) is 85.5 Å². The number of piperazine rings is 1. The molecule has 3 aliphatic rings. The van der Waals surface area contributed by atoms with Gasteiger partial charge in [-0.05, 0) is 50.3 Å². The van der Waals surface area contributed by atoms with Crippen molar-refractivity contribution in [2.45, 2.75) is 51.0 Å². The molecule has 7 heteroatoms. The van der Waals surface area contributed by atoms with Crippen molar-refractivity contribution in [2.24, 2.45) is 10.9 Å². The first-order chi connectivity index (χ1) is 14.7. The van der Waals surface area contributed by atoms with Gasteiger partial charge in [-0.2, -0.15) is 0 Å². The number of carbonyl (C=O) groups excluding carboxylic acids is 1. The summed E-state index contributed by atoms with van der Waals surface area (Å²) in [7, 11) is 1.86. The van der Waals surface area contributed by atoms with Gasteiger partial charge in [0.1, 0.15) is 0 Å². The summed E-state index contributed by atoms with van der Waals surface area (Å²) >= 11 is 0. The quantitative estimate of drug-likeness (QED) is 0.592. The summed E-state index contributed by atoms with van der Waals surface area (Å²) < 4.78 is 5.26. The Labute approximate surface area is 180 Å². The summed E-state index contributed by atoms with van der Waals surface area (Å²) in [6, 6.07) is 4.11. The summed E-state index contributed by atoms with van der Waals surface area (Å²) in [5, 5.41) is 3.63. The van der Waals surface area contributed by atoms with Gasteiger partial charge in [0, 0.05) is 52.4 Å². The van der Waals surface area contributed by atoms with Crippen molar-refractivity contribution in [3.05, 3.63) is 24.2 Å². The van der Waals surface area contributed by atoms with E-state index in [1.807, 2.05) is 11.9 Å². The molecule has 1 aliphatic carbocycles. The van der Waals surface area contributed by atoms with Crippen LogP contribution in [0.1, 0.15) is 55.5 Å². The first kappa shape index (κ1) is 21.2. The van der Waals surface area contributed by atoms with Gasteiger partial charge < -0.3 is 19.5 Å². The maximum atomic E-state index is 12.5. The third-order valence-corrected chi connectivity index (χ3v) is 7.02. The fraction of sp³-hybridized carbons (Fsp3) is 0.739. The van der Waals surface area contributed by atoms with Crippen LogP contribution >= 0.6 is 0 Å². The second-order valence-electron chi connectivity index (χ2n) is 8.98. The molecule has 4 rings (SSSR count). The molecule has 1 amide bonds. The molecular formula is C23H37N5O2. The van der Waals surface area contributed by atoms with Crippen molar-refractivity contribution < 1.29 is 9.21 Å². The lowest BCUT2D eigenvalue weighted by Crippen LogP contribution is -2.55. The predicted octanol–water partition coefficient (Wildman–Crippen LogP) is 2.66. The fourth-order valence-electron chi connectivity index (χ4n) is 5.29. The number of furan rings is 1. The first-order valence-corrected chi connectivity index (χ1v) is 11.8. The summed E-state index contributed by atoms with van der Waals surface area (Å²) in [5.41, 5.74) is 0. The van der Waals surface area contributed by atoms with Crippen LogP contribution in [0, 0.1) is 5.92 Å². The number of guanidine groups is 1. The van der Waals surface area contributed by atoms with Crippen molar-refractivity contribution in [3.8, 4) is 0 Å². The molecule has 1 aromatic rings. The number of hydrogen-bond acceptors (Lipinski definition) is 4. The number of amides is 1. The summed E-state index contributed by atoms with van der Waals surface area (Å²) in [6.45, 7) is 6.46. The molecule has 0 spiro atoms. The van der Waals surface area contributed by atoms with Crippen LogP contribution < -0.4 is 5.32 Å².